The lowest BCUT2D eigenvalue weighted by Gasteiger charge is -2.11. The van der Waals surface area contributed by atoms with Gasteiger partial charge in [0.1, 0.15) is 11.6 Å². The van der Waals surface area contributed by atoms with E-state index in [1.165, 1.54) is 24.7 Å². The average Bonchev–Trinajstić information content (AvgIpc) is 2.56. The summed E-state index contributed by atoms with van der Waals surface area (Å²) in [5.41, 5.74) is -0.0450. The number of anilines is 1. The molecule has 2 aromatic rings. The minimum atomic E-state index is -0.496. The molecule has 2 rings (SSSR count). The molecule has 0 saturated heterocycles. The summed E-state index contributed by atoms with van der Waals surface area (Å²) in [7, 11) is 2.87. The van der Waals surface area contributed by atoms with E-state index in [9.17, 15) is 14.4 Å². The lowest BCUT2D eigenvalue weighted by Crippen LogP contribution is -2.38. The summed E-state index contributed by atoms with van der Waals surface area (Å²) in [6.07, 6.45) is 0.697. The number of aryl methyl sites for hydroxylation is 1. The Kier molecular flexibility index (Phi) is 6.03. The molecule has 25 heavy (non-hydrogen) atoms. The highest BCUT2D eigenvalue weighted by Gasteiger charge is 2.09. The van der Waals surface area contributed by atoms with E-state index in [-0.39, 0.29) is 18.1 Å². The quantitative estimate of drug-likeness (QED) is 0.792. The first kappa shape index (κ1) is 18.8. The third-order valence-electron chi connectivity index (χ3n) is 3.74. The number of aromatic nitrogens is 2. The first-order valence-electron chi connectivity index (χ1n) is 7.75. The molecular formula is C17H20ClN3O4. The Hall–Kier alpha value is -2.54. The van der Waals surface area contributed by atoms with E-state index in [0.717, 1.165) is 15.9 Å². The van der Waals surface area contributed by atoms with Gasteiger partial charge < -0.3 is 10.1 Å². The van der Waals surface area contributed by atoms with Gasteiger partial charge in [-0.2, -0.15) is 0 Å². The Bertz CT molecular complexity index is 902. The van der Waals surface area contributed by atoms with Gasteiger partial charge in [0, 0.05) is 31.6 Å². The van der Waals surface area contributed by atoms with Gasteiger partial charge in [0.25, 0.3) is 5.56 Å². The summed E-state index contributed by atoms with van der Waals surface area (Å²) >= 11 is 5.89. The van der Waals surface area contributed by atoms with Gasteiger partial charge in [0.15, 0.2) is 0 Å². The van der Waals surface area contributed by atoms with E-state index in [4.69, 9.17) is 16.3 Å². The number of benzene rings is 1. The van der Waals surface area contributed by atoms with Crippen LogP contribution in [0.15, 0.2) is 33.9 Å². The number of nitrogens with zero attached hydrogens (tertiary/aromatic N) is 2. The average molecular weight is 366 g/mol. The zero-order valence-corrected chi connectivity index (χ0v) is 15.1. The van der Waals surface area contributed by atoms with Crippen LogP contribution < -0.4 is 21.3 Å². The number of amides is 1. The predicted molar refractivity (Wildman–Crippen MR) is 96.5 cm³/mol. The highest BCUT2D eigenvalue weighted by Crippen LogP contribution is 2.21. The minimum Gasteiger partial charge on any atom is -0.493 e. The van der Waals surface area contributed by atoms with Crippen molar-refractivity contribution in [3.63, 3.8) is 0 Å². The monoisotopic (exact) mass is 365 g/mol. The van der Waals surface area contributed by atoms with Crippen LogP contribution in [0.1, 0.15) is 18.4 Å². The van der Waals surface area contributed by atoms with Crippen molar-refractivity contribution >= 4 is 23.3 Å². The van der Waals surface area contributed by atoms with E-state index in [0.29, 0.717) is 18.1 Å². The lowest BCUT2D eigenvalue weighted by molar-refractivity contribution is -0.116. The van der Waals surface area contributed by atoms with E-state index < -0.39 is 11.2 Å². The van der Waals surface area contributed by atoms with Gasteiger partial charge in [-0.25, -0.2) is 4.79 Å². The van der Waals surface area contributed by atoms with Crippen molar-refractivity contribution in [3.8, 4) is 5.75 Å². The second-order valence-corrected chi connectivity index (χ2v) is 6.11. The normalized spacial score (nSPS) is 10.6. The molecule has 0 aliphatic rings. The van der Waals surface area contributed by atoms with Crippen LogP contribution in [0.2, 0.25) is 5.02 Å². The zero-order chi connectivity index (χ0) is 18.6. The number of carbonyl (C=O) groups excluding carboxylic acids is 1. The van der Waals surface area contributed by atoms with Crippen LogP contribution in [0.3, 0.4) is 0 Å². The molecule has 0 spiro atoms. The SMILES string of the molecule is Cc1cc(Cl)ccc1OCCCC(=O)Nc1cc(=O)n(C)c(=O)n1C. The molecule has 0 saturated carbocycles. The Labute approximate surface area is 149 Å². The van der Waals surface area contributed by atoms with Crippen molar-refractivity contribution < 1.29 is 9.53 Å². The maximum Gasteiger partial charge on any atom is 0.332 e. The summed E-state index contributed by atoms with van der Waals surface area (Å²) < 4.78 is 7.81. The highest BCUT2D eigenvalue weighted by molar-refractivity contribution is 6.30. The fourth-order valence-electron chi connectivity index (χ4n) is 2.25. The fourth-order valence-corrected chi connectivity index (χ4v) is 2.47. The van der Waals surface area contributed by atoms with E-state index in [1.807, 2.05) is 6.92 Å². The fraction of sp³-hybridized carbons (Fsp3) is 0.353. The van der Waals surface area contributed by atoms with Gasteiger partial charge in [-0.3, -0.25) is 18.7 Å². The Morgan fingerprint density at radius 3 is 2.60 bits per heavy atom. The molecule has 0 aliphatic carbocycles. The van der Waals surface area contributed by atoms with Crippen LogP contribution >= 0.6 is 11.6 Å². The number of rotatable bonds is 6. The Balaban J connectivity index is 1.87. The van der Waals surface area contributed by atoms with Gasteiger partial charge in [-0.05, 0) is 37.1 Å². The minimum absolute atomic E-state index is 0.174. The second kappa shape index (κ2) is 8.02. The highest BCUT2D eigenvalue weighted by atomic mass is 35.5. The molecule has 1 aromatic heterocycles. The molecule has 0 bridgehead atoms. The van der Waals surface area contributed by atoms with E-state index in [2.05, 4.69) is 5.32 Å². The number of carbonyl (C=O) groups is 1. The molecule has 8 heteroatoms. The van der Waals surface area contributed by atoms with Crippen LogP contribution in [0.4, 0.5) is 5.82 Å². The topological polar surface area (TPSA) is 82.3 Å². The van der Waals surface area contributed by atoms with E-state index in [1.54, 1.807) is 18.2 Å². The molecule has 0 unspecified atom stereocenters. The summed E-state index contributed by atoms with van der Waals surface area (Å²) in [4.78, 5) is 35.4. The van der Waals surface area contributed by atoms with Gasteiger partial charge in [0.2, 0.25) is 5.91 Å². The maximum absolute atomic E-state index is 12.0. The molecule has 1 heterocycles. The van der Waals surface area contributed by atoms with Crippen LogP contribution in [-0.2, 0) is 18.9 Å². The van der Waals surface area contributed by atoms with Crippen molar-refractivity contribution in [2.24, 2.45) is 14.1 Å². The van der Waals surface area contributed by atoms with Crippen molar-refractivity contribution in [2.75, 3.05) is 11.9 Å². The Morgan fingerprint density at radius 2 is 1.92 bits per heavy atom. The van der Waals surface area contributed by atoms with Crippen LogP contribution in [-0.4, -0.2) is 21.6 Å². The van der Waals surface area contributed by atoms with Gasteiger partial charge in [-0.1, -0.05) is 11.6 Å². The summed E-state index contributed by atoms with van der Waals surface area (Å²) in [6, 6.07) is 6.55. The summed E-state index contributed by atoms with van der Waals surface area (Å²) in [6.45, 7) is 2.26. The van der Waals surface area contributed by atoms with Crippen molar-refractivity contribution in [1.29, 1.82) is 0 Å². The molecule has 7 nitrogen and oxygen atoms in total. The van der Waals surface area contributed by atoms with Crippen LogP contribution in [0.25, 0.3) is 0 Å². The van der Waals surface area contributed by atoms with Gasteiger partial charge in [0.05, 0.1) is 6.61 Å². The number of ether oxygens (including phenoxy) is 1. The molecule has 1 amide bonds. The molecule has 1 N–H and O–H groups in total. The molecule has 1 aromatic carbocycles. The molecule has 0 fully saturated rings. The third kappa shape index (κ3) is 4.73. The van der Waals surface area contributed by atoms with Crippen molar-refractivity contribution in [2.45, 2.75) is 19.8 Å². The predicted octanol–water partition coefficient (Wildman–Crippen LogP) is 1.84. The number of hydrogen-bond donors (Lipinski definition) is 1. The number of hydrogen-bond acceptors (Lipinski definition) is 4. The molecule has 134 valence electrons. The zero-order valence-electron chi connectivity index (χ0n) is 14.3. The third-order valence-corrected chi connectivity index (χ3v) is 3.97. The standard InChI is InChI=1S/C17H20ClN3O4/c1-11-9-12(18)6-7-13(11)25-8-4-5-15(22)19-14-10-16(23)21(3)17(24)20(14)2/h6-7,9-10H,4-5,8H2,1-3H3,(H,19,22). The smallest absolute Gasteiger partial charge is 0.332 e. The Morgan fingerprint density at radius 1 is 1.20 bits per heavy atom. The number of nitrogens with one attached hydrogen (secondary N) is 1. The number of halogens is 1. The first-order chi connectivity index (χ1) is 11.8. The molecular weight excluding hydrogens is 346 g/mol. The largest absolute Gasteiger partial charge is 0.493 e. The molecule has 0 atom stereocenters. The summed E-state index contributed by atoms with van der Waals surface area (Å²) in [5.74, 6) is 0.603. The second-order valence-electron chi connectivity index (χ2n) is 5.68. The molecule has 0 radical (unpaired) electrons. The van der Waals surface area contributed by atoms with Gasteiger partial charge in [-0.15, -0.1) is 0 Å². The van der Waals surface area contributed by atoms with Crippen molar-refractivity contribution in [1.82, 2.24) is 9.13 Å². The lowest BCUT2D eigenvalue weighted by atomic mass is 10.2. The molecule has 0 aliphatic heterocycles. The maximum atomic E-state index is 12.0. The van der Waals surface area contributed by atoms with E-state index >= 15 is 0 Å². The van der Waals surface area contributed by atoms with Crippen molar-refractivity contribution in [3.05, 3.63) is 55.7 Å². The van der Waals surface area contributed by atoms with Gasteiger partial charge >= 0.3 is 5.69 Å². The van der Waals surface area contributed by atoms with Crippen LogP contribution in [0.5, 0.6) is 5.75 Å². The first-order valence-corrected chi connectivity index (χ1v) is 8.13. The van der Waals surface area contributed by atoms with Crippen LogP contribution in [0, 0.1) is 6.92 Å². The summed E-state index contributed by atoms with van der Waals surface area (Å²) in [5, 5.41) is 3.22.